The Balaban J connectivity index is 1.89. The summed E-state index contributed by atoms with van der Waals surface area (Å²) in [5.41, 5.74) is 7.85. The minimum atomic E-state index is 0.253. The molecule has 3 rings (SSSR count). The number of hydrogen-bond donors (Lipinski definition) is 1. The van der Waals surface area contributed by atoms with E-state index in [-0.39, 0.29) is 6.04 Å². The number of hydrogen-bond acceptors (Lipinski definition) is 3. The lowest BCUT2D eigenvalue weighted by Crippen LogP contribution is -2.41. The van der Waals surface area contributed by atoms with Crippen LogP contribution in [0, 0.1) is 0 Å². The SMILES string of the molecule is CCCN1CCCCC(N)C1c1cncn1C1CC1. The van der Waals surface area contributed by atoms with Crippen molar-refractivity contribution in [3.05, 3.63) is 18.2 Å². The first-order valence-corrected chi connectivity index (χ1v) is 7.82. The molecule has 106 valence electrons. The minimum Gasteiger partial charge on any atom is -0.330 e. The van der Waals surface area contributed by atoms with E-state index in [4.69, 9.17) is 5.73 Å². The smallest absolute Gasteiger partial charge is 0.0951 e. The maximum atomic E-state index is 6.50. The van der Waals surface area contributed by atoms with Crippen LogP contribution in [0.5, 0.6) is 0 Å². The molecule has 0 bridgehead atoms. The number of aromatic nitrogens is 2. The van der Waals surface area contributed by atoms with Crippen LogP contribution in [-0.2, 0) is 0 Å². The third-order valence-corrected chi connectivity index (χ3v) is 4.48. The van der Waals surface area contributed by atoms with Gasteiger partial charge in [-0.25, -0.2) is 4.98 Å². The van der Waals surface area contributed by atoms with Gasteiger partial charge in [-0.3, -0.25) is 4.90 Å². The lowest BCUT2D eigenvalue weighted by atomic mass is 10.0. The second-order valence-corrected chi connectivity index (χ2v) is 6.10. The molecule has 2 heterocycles. The van der Waals surface area contributed by atoms with E-state index in [1.807, 2.05) is 6.33 Å². The summed E-state index contributed by atoms with van der Waals surface area (Å²) in [5, 5.41) is 0. The van der Waals surface area contributed by atoms with Crippen molar-refractivity contribution < 1.29 is 0 Å². The van der Waals surface area contributed by atoms with Gasteiger partial charge in [0.05, 0.1) is 18.1 Å². The van der Waals surface area contributed by atoms with E-state index in [0.29, 0.717) is 12.1 Å². The predicted molar refractivity (Wildman–Crippen MR) is 76.9 cm³/mol. The van der Waals surface area contributed by atoms with Gasteiger partial charge in [0.15, 0.2) is 0 Å². The van der Waals surface area contributed by atoms with E-state index < -0.39 is 0 Å². The number of nitrogens with two attached hydrogens (primary N) is 1. The van der Waals surface area contributed by atoms with Crippen LogP contribution >= 0.6 is 0 Å². The lowest BCUT2D eigenvalue weighted by Gasteiger charge is -2.33. The first-order chi connectivity index (χ1) is 9.31. The quantitative estimate of drug-likeness (QED) is 0.907. The van der Waals surface area contributed by atoms with Crippen LogP contribution in [0.15, 0.2) is 12.5 Å². The molecule has 1 aliphatic heterocycles. The summed E-state index contributed by atoms with van der Waals surface area (Å²) in [4.78, 5) is 6.99. The van der Waals surface area contributed by atoms with E-state index in [0.717, 1.165) is 13.0 Å². The molecule has 1 aromatic heterocycles. The summed E-state index contributed by atoms with van der Waals surface area (Å²) >= 11 is 0. The van der Waals surface area contributed by atoms with Crippen molar-refractivity contribution >= 4 is 0 Å². The highest BCUT2D eigenvalue weighted by Gasteiger charge is 2.34. The first kappa shape index (κ1) is 13.1. The highest BCUT2D eigenvalue weighted by atomic mass is 15.2. The zero-order chi connectivity index (χ0) is 13.2. The first-order valence-electron chi connectivity index (χ1n) is 7.82. The van der Waals surface area contributed by atoms with Gasteiger partial charge in [0.2, 0.25) is 0 Å². The molecule has 2 N–H and O–H groups in total. The fourth-order valence-corrected chi connectivity index (χ4v) is 3.41. The van der Waals surface area contributed by atoms with Crippen LogP contribution in [0.3, 0.4) is 0 Å². The molecule has 1 aromatic rings. The lowest BCUT2D eigenvalue weighted by molar-refractivity contribution is 0.178. The zero-order valence-electron chi connectivity index (χ0n) is 12.0. The molecular formula is C15H26N4. The Hall–Kier alpha value is -0.870. The Bertz CT molecular complexity index is 410. The van der Waals surface area contributed by atoms with Crippen LogP contribution < -0.4 is 5.73 Å². The molecule has 19 heavy (non-hydrogen) atoms. The highest BCUT2D eigenvalue weighted by Crippen LogP contribution is 2.39. The summed E-state index contributed by atoms with van der Waals surface area (Å²) < 4.78 is 2.39. The van der Waals surface area contributed by atoms with Crippen molar-refractivity contribution in [3.8, 4) is 0 Å². The van der Waals surface area contributed by atoms with Gasteiger partial charge < -0.3 is 10.3 Å². The van der Waals surface area contributed by atoms with Crippen molar-refractivity contribution in [1.29, 1.82) is 0 Å². The second kappa shape index (κ2) is 5.63. The van der Waals surface area contributed by atoms with Crippen molar-refractivity contribution in [2.24, 2.45) is 5.73 Å². The zero-order valence-corrected chi connectivity index (χ0v) is 12.0. The van der Waals surface area contributed by atoms with E-state index >= 15 is 0 Å². The summed E-state index contributed by atoms with van der Waals surface area (Å²) in [6.07, 6.45) is 11.5. The van der Waals surface area contributed by atoms with Gasteiger partial charge >= 0.3 is 0 Å². The molecule has 0 aromatic carbocycles. The molecule has 0 spiro atoms. The average molecular weight is 262 g/mol. The van der Waals surface area contributed by atoms with Gasteiger partial charge in [0.25, 0.3) is 0 Å². The Morgan fingerprint density at radius 3 is 2.89 bits per heavy atom. The summed E-state index contributed by atoms with van der Waals surface area (Å²) in [5.74, 6) is 0. The predicted octanol–water partition coefficient (Wildman–Crippen LogP) is 2.48. The molecule has 2 fully saturated rings. The van der Waals surface area contributed by atoms with Crippen molar-refractivity contribution in [2.45, 2.75) is 63.6 Å². The molecule has 4 nitrogen and oxygen atoms in total. The number of likely N-dealkylation sites (tertiary alicyclic amines) is 1. The van der Waals surface area contributed by atoms with Crippen LogP contribution in [-0.4, -0.2) is 33.6 Å². The Kier molecular flexibility index (Phi) is 3.89. The number of nitrogens with zero attached hydrogens (tertiary/aromatic N) is 3. The summed E-state index contributed by atoms with van der Waals surface area (Å²) in [7, 11) is 0. The monoisotopic (exact) mass is 262 g/mol. The fourth-order valence-electron chi connectivity index (χ4n) is 3.41. The van der Waals surface area contributed by atoms with E-state index in [9.17, 15) is 0 Å². The molecule has 1 saturated heterocycles. The molecule has 4 heteroatoms. The van der Waals surface area contributed by atoms with E-state index in [2.05, 4.69) is 27.6 Å². The van der Waals surface area contributed by atoms with E-state index in [1.54, 1.807) is 0 Å². The normalized spacial score (nSPS) is 29.4. The van der Waals surface area contributed by atoms with Crippen LogP contribution in [0.25, 0.3) is 0 Å². The Morgan fingerprint density at radius 1 is 1.32 bits per heavy atom. The molecule has 1 aliphatic carbocycles. The molecule has 1 saturated carbocycles. The van der Waals surface area contributed by atoms with Crippen LogP contribution in [0.1, 0.15) is 63.2 Å². The van der Waals surface area contributed by atoms with Crippen LogP contribution in [0.2, 0.25) is 0 Å². The van der Waals surface area contributed by atoms with Gasteiger partial charge in [0.1, 0.15) is 0 Å². The summed E-state index contributed by atoms with van der Waals surface area (Å²) in [6.45, 7) is 4.59. The third kappa shape index (κ3) is 2.70. The van der Waals surface area contributed by atoms with Gasteiger partial charge in [-0.15, -0.1) is 0 Å². The van der Waals surface area contributed by atoms with Gasteiger partial charge in [-0.05, 0) is 45.2 Å². The van der Waals surface area contributed by atoms with Crippen molar-refractivity contribution in [3.63, 3.8) is 0 Å². The molecule has 2 atom stereocenters. The van der Waals surface area contributed by atoms with E-state index in [1.165, 1.54) is 44.3 Å². The van der Waals surface area contributed by atoms with Gasteiger partial charge in [-0.1, -0.05) is 13.3 Å². The van der Waals surface area contributed by atoms with Gasteiger partial charge in [0, 0.05) is 18.3 Å². The molecule has 2 aliphatic rings. The minimum absolute atomic E-state index is 0.253. The molecule has 0 amide bonds. The topological polar surface area (TPSA) is 47.1 Å². The third-order valence-electron chi connectivity index (χ3n) is 4.48. The van der Waals surface area contributed by atoms with Crippen molar-refractivity contribution in [2.75, 3.05) is 13.1 Å². The largest absolute Gasteiger partial charge is 0.330 e. The van der Waals surface area contributed by atoms with Crippen LogP contribution in [0.4, 0.5) is 0 Å². The fraction of sp³-hybridized carbons (Fsp3) is 0.800. The average Bonchev–Trinajstić information content (AvgIpc) is 3.17. The maximum absolute atomic E-state index is 6.50. The Morgan fingerprint density at radius 2 is 2.16 bits per heavy atom. The second-order valence-electron chi connectivity index (χ2n) is 6.10. The molecule has 0 radical (unpaired) electrons. The maximum Gasteiger partial charge on any atom is 0.0951 e. The standard InChI is InChI=1S/C15H26N4/c1-2-8-18-9-4-3-5-13(16)15(18)14-10-17-11-19(14)12-6-7-12/h10-13,15H,2-9,16H2,1H3. The van der Waals surface area contributed by atoms with Crippen molar-refractivity contribution in [1.82, 2.24) is 14.5 Å². The molecule has 2 unspecified atom stereocenters. The molecular weight excluding hydrogens is 236 g/mol. The van der Waals surface area contributed by atoms with Gasteiger partial charge in [-0.2, -0.15) is 0 Å². The number of imidazole rings is 1. The summed E-state index contributed by atoms with van der Waals surface area (Å²) in [6, 6.07) is 1.31. The Labute approximate surface area is 116 Å². The number of rotatable bonds is 4. The highest BCUT2D eigenvalue weighted by molar-refractivity contribution is 5.12.